The predicted octanol–water partition coefficient (Wildman–Crippen LogP) is 2.70. The summed E-state index contributed by atoms with van der Waals surface area (Å²) < 4.78 is 13.0. The molecular formula is C18H20BrNO3. The van der Waals surface area contributed by atoms with E-state index in [0.29, 0.717) is 18.4 Å². The second-order valence-corrected chi connectivity index (χ2v) is 8.25. The molecule has 1 spiro atoms. The first-order valence-electron chi connectivity index (χ1n) is 8.37. The molecule has 4 aliphatic rings. The number of carbonyl (C=O) groups is 1. The van der Waals surface area contributed by atoms with E-state index in [1.807, 2.05) is 6.07 Å². The van der Waals surface area contributed by atoms with Gasteiger partial charge in [0.15, 0.2) is 23.4 Å². The number of Topliss-reactive ketones (excluding diaryl/α,β-unsaturated/α-hetero) is 1. The zero-order valence-corrected chi connectivity index (χ0v) is 15.0. The third kappa shape index (κ3) is 1.53. The van der Waals surface area contributed by atoms with Crippen molar-refractivity contribution < 1.29 is 14.3 Å². The van der Waals surface area contributed by atoms with Gasteiger partial charge in [0.1, 0.15) is 0 Å². The summed E-state index contributed by atoms with van der Waals surface area (Å²) in [6.07, 6.45) is 3.35. The smallest absolute Gasteiger partial charge is 0.174 e. The van der Waals surface area contributed by atoms with Crippen LogP contribution in [-0.4, -0.2) is 43.5 Å². The van der Waals surface area contributed by atoms with Crippen molar-refractivity contribution in [3.8, 4) is 11.5 Å². The highest BCUT2D eigenvalue weighted by Gasteiger charge is 2.65. The van der Waals surface area contributed by atoms with Gasteiger partial charge in [-0.05, 0) is 50.4 Å². The lowest BCUT2D eigenvalue weighted by Crippen LogP contribution is -2.65. The summed E-state index contributed by atoms with van der Waals surface area (Å²) in [5.41, 5.74) is 2.47. The third-order valence-corrected chi connectivity index (χ3v) is 7.37. The van der Waals surface area contributed by atoms with Crippen molar-refractivity contribution in [1.29, 1.82) is 0 Å². The number of piperidine rings is 1. The fraction of sp³-hybridized carbons (Fsp3) is 0.611. The maximum atomic E-state index is 12.7. The number of ketones is 1. The molecule has 0 N–H and O–H groups in total. The van der Waals surface area contributed by atoms with Gasteiger partial charge < -0.3 is 14.4 Å². The molecule has 0 radical (unpaired) electrons. The maximum absolute atomic E-state index is 12.7. The predicted molar refractivity (Wildman–Crippen MR) is 89.3 cm³/mol. The minimum absolute atomic E-state index is 0.132. The van der Waals surface area contributed by atoms with Gasteiger partial charge in [-0.25, -0.2) is 0 Å². The molecule has 2 fully saturated rings. The fourth-order valence-electron chi connectivity index (χ4n) is 5.70. The van der Waals surface area contributed by atoms with Crippen molar-refractivity contribution in [1.82, 2.24) is 4.90 Å². The summed E-state index contributed by atoms with van der Waals surface area (Å²) in [6, 6.07) is 2.51. The first-order valence-corrected chi connectivity index (χ1v) is 9.16. The molecule has 0 aromatic heterocycles. The number of benzene rings is 1. The van der Waals surface area contributed by atoms with E-state index in [-0.39, 0.29) is 17.3 Å². The van der Waals surface area contributed by atoms with Crippen LogP contribution in [0.15, 0.2) is 10.5 Å². The molecule has 0 unspecified atom stereocenters. The molecule has 1 aromatic carbocycles. The first kappa shape index (κ1) is 14.3. The van der Waals surface area contributed by atoms with Crippen molar-refractivity contribution in [2.45, 2.75) is 43.2 Å². The van der Waals surface area contributed by atoms with Crippen molar-refractivity contribution in [2.75, 3.05) is 20.7 Å². The number of likely N-dealkylation sites (tertiary alicyclic amines) is 1. The van der Waals surface area contributed by atoms with Crippen LogP contribution in [0, 0.1) is 5.92 Å². The van der Waals surface area contributed by atoms with Gasteiger partial charge in [0.25, 0.3) is 0 Å². The van der Waals surface area contributed by atoms with Crippen LogP contribution in [0.25, 0.3) is 0 Å². The summed E-state index contributed by atoms with van der Waals surface area (Å²) in [4.78, 5) is 15.2. The molecule has 4 atom stereocenters. The van der Waals surface area contributed by atoms with E-state index in [9.17, 15) is 4.79 Å². The van der Waals surface area contributed by atoms with Gasteiger partial charge in [0.2, 0.25) is 0 Å². The summed E-state index contributed by atoms with van der Waals surface area (Å²) in [5, 5.41) is 0. The number of rotatable bonds is 1. The Bertz CT molecular complexity index is 733. The molecule has 5 rings (SSSR count). The van der Waals surface area contributed by atoms with E-state index < -0.39 is 0 Å². The number of likely N-dealkylation sites (N-methyl/N-ethyl adjacent to an activating group) is 1. The number of carbonyl (C=O) groups excluding carboxylic acids is 1. The first-order chi connectivity index (χ1) is 11.1. The number of hydrogen-bond acceptors (Lipinski definition) is 4. The molecule has 5 heteroatoms. The summed E-state index contributed by atoms with van der Waals surface area (Å²) in [5.74, 6) is 2.37. The lowest BCUT2D eigenvalue weighted by Gasteiger charge is -2.57. The van der Waals surface area contributed by atoms with Gasteiger partial charge in [-0.15, -0.1) is 0 Å². The largest absolute Gasteiger partial charge is 0.493 e. The summed E-state index contributed by atoms with van der Waals surface area (Å²) in [6.45, 7) is 1.03. The van der Waals surface area contributed by atoms with Crippen molar-refractivity contribution in [3.05, 3.63) is 21.7 Å². The highest BCUT2D eigenvalue weighted by molar-refractivity contribution is 9.10. The molecule has 2 aliphatic carbocycles. The Hall–Kier alpha value is -1.07. The molecule has 2 aliphatic heterocycles. The monoisotopic (exact) mass is 377 g/mol. The van der Waals surface area contributed by atoms with Gasteiger partial charge in [0.05, 0.1) is 7.11 Å². The molecule has 1 aromatic rings. The van der Waals surface area contributed by atoms with Crippen molar-refractivity contribution in [3.63, 3.8) is 0 Å². The Balaban J connectivity index is 1.84. The lowest BCUT2D eigenvalue weighted by atomic mass is 9.52. The van der Waals surface area contributed by atoms with Crippen LogP contribution in [0.5, 0.6) is 11.5 Å². The van der Waals surface area contributed by atoms with Crippen molar-refractivity contribution in [2.24, 2.45) is 5.92 Å². The second-order valence-electron chi connectivity index (χ2n) is 7.40. The molecular weight excluding hydrogens is 358 g/mol. The fourth-order valence-corrected chi connectivity index (χ4v) is 6.27. The van der Waals surface area contributed by atoms with E-state index in [1.54, 1.807) is 7.11 Å². The van der Waals surface area contributed by atoms with Gasteiger partial charge in [-0.2, -0.15) is 0 Å². The number of methoxy groups -OCH3 is 1. The number of nitrogens with zero attached hydrogens (tertiary/aromatic N) is 1. The Morgan fingerprint density at radius 2 is 2.30 bits per heavy atom. The lowest BCUT2D eigenvalue weighted by molar-refractivity contribution is -0.138. The van der Waals surface area contributed by atoms with Gasteiger partial charge >= 0.3 is 0 Å². The molecule has 4 nitrogen and oxygen atoms in total. The molecule has 1 saturated carbocycles. The van der Waals surface area contributed by atoms with E-state index in [0.717, 1.165) is 41.8 Å². The molecule has 122 valence electrons. The standard InChI is InChI=1S/C18H20BrNO3/c1-20-6-5-18-10-3-4-13(21)17(18)23-16-14(22-2)8-11(19)9(15(16)18)7-12(10)20/h8,10,12,17H,3-7H2,1-2H3/t10-,12+,17-,18-/m1/s1. The van der Waals surface area contributed by atoms with Gasteiger partial charge in [-0.1, -0.05) is 15.9 Å². The normalized spacial score (nSPS) is 37.3. The van der Waals surface area contributed by atoms with Crippen LogP contribution in [0.3, 0.4) is 0 Å². The highest BCUT2D eigenvalue weighted by Crippen LogP contribution is 2.64. The molecule has 2 bridgehead atoms. The minimum atomic E-state index is -0.310. The molecule has 1 saturated heterocycles. The number of hydrogen-bond donors (Lipinski definition) is 0. The van der Waals surface area contributed by atoms with Crippen LogP contribution in [-0.2, 0) is 16.6 Å². The third-order valence-electron chi connectivity index (χ3n) is 6.67. The summed E-state index contributed by atoms with van der Waals surface area (Å²) in [7, 11) is 3.90. The SMILES string of the molecule is COc1cc(Br)c2c3c1O[C@@H]1C(=O)CC[C@@H]4[C@H](C2)N(C)CC[C@@]314. The molecule has 0 amide bonds. The Morgan fingerprint density at radius 1 is 1.48 bits per heavy atom. The molecule has 2 heterocycles. The zero-order chi connectivity index (χ0) is 15.9. The topological polar surface area (TPSA) is 38.8 Å². The van der Waals surface area contributed by atoms with Crippen LogP contribution in [0.2, 0.25) is 0 Å². The Labute approximate surface area is 144 Å². The van der Waals surface area contributed by atoms with Crippen LogP contribution < -0.4 is 9.47 Å². The Kier molecular flexibility index (Phi) is 2.80. The zero-order valence-electron chi connectivity index (χ0n) is 13.4. The summed E-state index contributed by atoms with van der Waals surface area (Å²) >= 11 is 3.74. The second kappa shape index (κ2) is 4.51. The van der Waals surface area contributed by atoms with Gasteiger partial charge in [0, 0.05) is 27.9 Å². The quantitative estimate of drug-likeness (QED) is 0.754. The van der Waals surface area contributed by atoms with Crippen LogP contribution in [0.4, 0.5) is 0 Å². The number of ether oxygens (including phenoxy) is 2. The number of halogens is 1. The van der Waals surface area contributed by atoms with E-state index >= 15 is 0 Å². The Morgan fingerprint density at radius 3 is 3.09 bits per heavy atom. The van der Waals surface area contributed by atoms with E-state index in [2.05, 4.69) is 27.9 Å². The van der Waals surface area contributed by atoms with E-state index in [1.165, 1.54) is 11.1 Å². The minimum Gasteiger partial charge on any atom is -0.493 e. The van der Waals surface area contributed by atoms with E-state index in [4.69, 9.17) is 9.47 Å². The van der Waals surface area contributed by atoms with Crippen molar-refractivity contribution >= 4 is 21.7 Å². The highest BCUT2D eigenvalue weighted by atomic mass is 79.9. The maximum Gasteiger partial charge on any atom is 0.174 e. The average Bonchev–Trinajstić information content (AvgIpc) is 2.89. The van der Waals surface area contributed by atoms with Crippen LogP contribution >= 0.6 is 15.9 Å². The van der Waals surface area contributed by atoms with Crippen LogP contribution in [0.1, 0.15) is 30.4 Å². The average molecular weight is 378 g/mol. The van der Waals surface area contributed by atoms with Gasteiger partial charge in [-0.3, -0.25) is 4.79 Å². The molecule has 23 heavy (non-hydrogen) atoms.